The Morgan fingerprint density at radius 1 is 1.18 bits per heavy atom. The Hall–Kier alpha value is -1.89. The Labute approximate surface area is 167 Å². The molecule has 2 fully saturated rings. The molecule has 7 heteroatoms. The highest BCUT2D eigenvalue weighted by atomic mass is 16.5. The van der Waals surface area contributed by atoms with Gasteiger partial charge in [0.05, 0.1) is 13.2 Å². The SMILES string of the molecule is Cc1nc(N2CCOCC2)[nH]c(=O)c1CCC(=O)N(C)C1CCCCCCC1. The van der Waals surface area contributed by atoms with Crippen LogP contribution in [0.4, 0.5) is 5.95 Å². The van der Waals surface area contributed by atoms with Crippen LogP contribution in [0.25, 0.3) is 0 Å². The van der Waals surface area contributed by atoms with Crippen LogP contribution in [-0.4, -0.2) is 60.2 Å². The van der Waals surface area contributed by atoms with E-state index in [0.717, 1.165) is 25.9 Å². The summed E-state index contributed by atoms with van der Waals surface area (Å²) in [6.07, 6.45) is 9.25. The summed E-state index contributed by atoms with van der Waals surface area (Å²) in [7, 11) is 1.92. The van der Waals surface area contributed by atoms with Gasteiger partial charge >= 0.3 is 0 Å². The molecule has 0 bridgehead atoms. The van der Waals surface area contributed by atoms with Gasteiger partial charge in [-0.2, -0.15) is 0 Å². The van der Waals surface area contributed by atoms with Gasteiger partial charge in [0.1, 0.15) is 0 Å². The molecule has 0 unspecified atom stereocenters. The van der Waals surface area contributed by atoms with Crippen LogP contribution in [0.2, 0.25) is 0 Å². The second kappa shape index (κ2) is 10.0. The Morgan fingerprint density at radius 2 is 1.82 bits per heavy atom. The van der Waals surface area contributed by atoms with Crippen molar-refractivity contribution in [3.05, 3.63) is 21.6 Å². The van der Waals surface area contributed by atoms with E-state index < -0.39 is 0 Å². The smallest absolute Gasteiger partial charge is 0.255 e. The summed E-state index contributed by atoms with van der Waals surface area (Å²) in [6, 6.07) is 0.342. The lowest BCUT2D eigenvalue weighted by molar-refractivity contribution is -0.132. The number of anilines is 1. The normalized spacial score (nSPS) is 19.1. The average Bonchev–Trinajstić information content (AvgIpc) is 2.67. The Bertz CT molecular complexity index is 704. The number of aryl methyl sites for hydroxylation is 1. The van der Waals surface area contributed by atoms with E-state index in [1.54, 1.807) is 0 Å². The molecule has 1 saturated heterocycles. The molecule has 28 heavy (non-hydrogen) atoms. The molecule has 1 aromatic rings. The van der Waals surface area contributed by atoms with Gasteiger partial charge < -0.3 is 14.5 Å². The van der Waals surface area contributed by atoms with Gasteiger partial charge in [0.2, 0.25) is 11.9 Å². The van der Waals surface area contributed by atoms with Crippen LogP contribution in [0.3, 0.4) is 0 Å². The molecule has 2 aliphatic rings. The molecular weight excluding hydrogens is 356 g/mol. The molecule has 0 radical (unpaired) electrons. The lowest BCUT2D eigenvalue weighted by atomic mass is 9.95. The van der Waals surface area contributed by atoms with Crippen molar-refractivity contribution >= 4 is 11.9 Å². The first-order chi connectivity index (χ1) is 13.6. The minimum Gasteiger partial charge on any atom is -0.378 e. The second-order valence-corrected chi connectivity index (χ2v) is 8.06. The third-order valence-electron chi connectivity index (χ3n) is 6.13. The number of carbonyl (C=O) groups is 1. The predicted molar refractivity (Wildman–Crippen MR) is 110 cm³/mol. The first-order valence-electron chi connectivity index (χ1n) is 10.7. The Kier molecular flexibility index (Phi) is 7.48. The molecule has 156 valence electrons. The molecule has 1 aliphatic heterocycles. The van der Waals surface area contributed by atoms with E-state index in [9.17, 15) is 9.59 Å². The van der Waals surface area contributed by atoms with Gasteiger partial charge in [0.15, 0.2) is 0 Å². The molecule has 3 rings (SSSR count). The van der Waals surface area contributed by atoms with Crippen LogP contribution in [0.1, 0.15) is 62.6 Å². The summed E-state index contributed by atoms with van der Waals surface area (Å²) < 4.78 is 5.35. The Morgan fingerprint density at radius 3 is 2.46 bits per heavy atom. The first kappa shape index (κ1) is 20.8. The molecule has 2 heterocycles. The number of hydrogen-bond donors (Lipinski definition) is 1. The Balaban J connectivity index is 1.60. The van der Waals surface area contributed by atoms with E-state index in [-0.39, 0.29) is 11.5 Å². The number of carbonyl (C=O) groups excluding carboxylic acids is 1. The molecule has 1 N–H and O–H groups in total. The number of hydrogen-bond acceptors (Lipinski definition) is 5. The summed E-state index contributed by atoms with van der Waals surface area (Å²) in [5, 5.41) is 0. The van der Waals surface area contributed by atoms with E-state index in [1.807, 2.05) is 23.8 Å². The molecule has 0 aromatic carbocycles. The fourth-order valence-corrected chi connectivity index (χ4v) is 4.25. The third-order valence-corrected chi connectivity index (χ3v) is 6.13. The zero-order chi connectivity index (χ0) is 19.9. The maximum absolute atomic E-state index is 12.7. The lowest BCUT2D eigenvalue weighted by Gasteiger charge is -2.30. The monoisotopic (exact) mass is 390 g/mol. The number of morpholine rings is 1. The minimum atomic E-state index is -0.129. The van der Waals surface area contributed by atoms with Gasteiger partial charge in [-0.1, -0.05) is 32.1 Å². The fourth-order valence-electron chi connectivity index (χ4n) is 4.25. The van der Waals surface area contributed by atoms with Crippen molar-refractivity contribution in [3.8, 4) is 0 Å². The number of ether oxygens (including phenoxy) is 1. The van der Waals surface area contributed by atoms with Crippen LogP contribution in [0, 0.1) is 6.92 Å². The van der Waals surface area contributed by atoms with Gasteiger partial charge in [0.25, 0.3) is 5.56 Å². The standard InChI is InChI=1S/C21H34N4O3/c1-16-18(20(27)23-21(22-16)25-12-14-28-15-13-25)10-11-19(26)24(2)17-8-6-4-3-5-7-9-17/h17H,3-15H2,1-2H3,(H,22,23,27). The highest BCUT2D eigenvalue weighted by Gasteiger charge is 2.22. The summed E-state index contributed by atoms with van der Waals surface area (Å²) in [5.74, 6) is 0.731. The van der Waals surface area contributed by atoms with Gasteiger partial charge in [-0.15, -0.1) is 0 Å². The van der Waals surface area contributed by atoms with E-state index in [0.29, 0.717) is 49.3 Å². The highest BCUT2D eigenvalue weighted by Crippen LogP contribution is 2.21. The third kappa shape index (κ3) is 5.34. The van der Waals surface area contributed by atoms with Gasteiger partial charge in [-0.05, 0) is 26.2 Å². The molecule has 1 saturated carbocycles. The van der Waals surface area contributed by atoms with E-state index in [2.05, 4.69) is 9.97 Å². The number of aromatic nitrogens is 2. The lowest BCUT2D eigenvalue weighted by Crippen LogP contribution is -2.39. The van der Waals surface area contributed by atoms with Crippen LogP contribution in [0.5, 0.6) is 0 Å². The van der Waals surface area contributed by atoms with Crippen LogP contribution in [0.15, 0.2) is 4.79 Å². The predicted octanol–water partition coefficient (Wildman–Crippen LogP) is 2.42. The van der Waals surface area contributed by atoms with Gasteiger partial charge in [-0.25, -0.2) is 4.98 Å². The molecule has 1 amide bonds. The van der Waals surface area contributed by atoms with Crippen LogP contribution >= 0.6 is 0 Å². The van der Waals surface area contributed by atoms with Crippen molar-refractivity contribution in [2.24, 2.45) is 0 Å². The van der Waals surface area contributed by atoms with Gasteiger partial charge in [-0.3, -0.25) is 14.6 Å². The topological polar surface area (TPSA) is 78.5 Å². The first-order valence-corrected chi connectivity index (χ1v) is 10.7. The largest absolute Gasteiger partial charge is 0.378 e. The minimum absolute atomic E-state index is 0.127. The van der Waals surface area contributed by atoms with E-state index in [1.165, 1.54) is 32.1 Å². The molecule has 0 spiro atoms. The van der Waals surface area contributed by atoms with Crippen LogP contribution < -0.4 is 10.5 Å². The number of H-pyrrole nitrogens is 1. The molecule has 7 nitrogen and oxygen atoms in total. The zero-order valence-electron chi connectivity index (χ0n) is 17.3. The second-order valence-electron chi connectivity index (χ2n) is 8.06. The number of nitrogens with one attached hydrogen (secondary N) is 1. The summed E-state index contributed by atoms with van der Waals surface area (Å²) in [4.78, 5) is 36.8. The summed E-state index contributed by atoms with van der Waals surface area (Å²) in [6.45, 7) is 4.61. The molecule has 1 aliphatic carbocycles. The quantitative estimate of drug-likeness (QED) is 0.835. The number of rotatable bonds is 5. The average molecular weight is 391 g/mol. The molecule has 0 atom stereocenters. The maximum atomic E-state index is 12.7. The van der Waals surface area contributed by atoms with Crippen molar-refractivity contribution in [2.45, 2.75) is 70.8 Å². The number of aromatic amines is 1. The van der Waals surface area contributed by atoms with Crippen molar-refractivity contribution in [2.75, 3.05) is 38.3 Å². The fraction of sp³-hybridized carbons (Fsp3) is 0.762. The summed E-state index contributed by atoms with van der Waals surface area (Å²) >= 11 is 0. The highest BCUT2D eigenvalue weighted by molar-refractivity contribution is 5.76. The van der Waals surface area contributed by atoms with Gasteiger partial charge in [0, 0.05) is 43.9 Å². The zero-order valence-corrected chi connectivity index (χ0v) is 17.3. The molecular formula is C21H34N4O3. The van der Waals surface area contributed by atoms with E-state index in [4.69, 9.17) is 4.74 Å². The van der Waals surface area contributed by atoms with Crippen molar-refractivity contribution in [3.63, 3.8) is 0 Å². The number of nitrogens with zero attached hydrogens (tertiary/aromatic N) is 3. The van der Waals surface area contributed by atoms with Crippen molar-refractivity contribution in [1.82, 2.24) is 14.9 Å². The van der Waals surface area contributed by atoms with Crippen molar-refractivity contribution < 1.29 is 9.53 Å². The maximum Gasteiger partial charge on any atom is 0.255 e. The van der Waals surface area contributed by atoms with Crippen LogP contribution in [-0.2, 0) is 16.0 Å². The van der Waals surface area contributed by atoms with E-state index >= 15 is 0 Å². The van der Waals surface area contributed by atoms with Crippen molar-refractivity contribution in [1.29, 1.82) is 0 Å². The molecule has 1 aromatic heterocycles. The summed E-state index contributed by atoms with van der Waals surface area (Å²) in [5.41, 5.74) is 1.21. The number of amides is 1.